The van der Waals surface area contributed by atoms with Crippen molar-refractivity contribution in [3.05, 3.63) is 57.8 Å². The molecule has 0 bridgehead atoms. The molecule has 1 heterocycles. The van der Waals surface area contributed by atoms with Crippen LogP contribution in [0.25, 0.3) is 0 Å². The first kappa shape index (κ1) is 14.8. The largest absolute Gasteiger partial charge is 0.310 e. The first-order chi connectivity index (χ1) is 10.4. The standard InChI is InChI=1S/C19H25NS/c1-2-20-19-16(12-13-17-10-6-14-21-17)9-5-8-15-7-3-4-11-18(15)19/h3-4,6-7,10-11,14,16,19-20H,2,5,8-9,12-13H2,1H3. The van der Waals surface area contributed by atoms with Crippen molar-refractivity contribution in [2.45, 2.75) is 45.1 Å². The predicted octanol–water partition coefficient (Wildman–Crippen LogP) is 4.98. The summed E-state index contributed by atoms with van der Waals surface area (Å²) in [5.41, 5.74) is 3.11. The van der Waals surface area contributed by atoms with Crippen LogP contribution in [0.15, 0.2) is 41.8 Å². The quantitative estimate of drug-likeness (QED) is 0.767. The highest BCUT2D eigenvalue weighted by molar-refractivity contribution is 7.09. The van der Waals surface area contributed by atoms with Gasteiger partial charge in [0.25, 0.3) is 0 Å². The van der Waals surface area contributed by atoms with Gasteiger partial charge in [0.2, 0.25) is 0 Å². The van der Waals surface area contributed by atoms with Gasteiger partial charge in [0.1, 0.15) is 0 Å². The van der Waals surface area contributed by atoms with E-state index in [-0.39, 0.29) is 0 Å². The molecule has 1 nitrogen and oxygen atoms in total. The number of hydrogen-bond donors (Lipinski definition) is 1. The van der Waals surface area contributed by atoms with E-state index in [1.165, 1.54) is 37.0 Å². The number of hydrogen-bond acceptors (Lipinski definition) is 2. The van der Waals surface area contributed by atoms with Crippen molar-refractivity contribution in [2.24, 2.45) is 5.92 Å². The van der Waals surface area contributed by atoms with E-state index in [1.807, 2.05) is 11.3 Å². The van der Waals surface area contributed by atoms with Crippen molar-refractivity contribution in [2.75, 3.05) is 6.54 Å². The van der Waals surface area contributed by atoms with Gasteiger partial charge in [0.15, 0.2) is 0 Å². The molecular formula is C19H25NS. The van der Waals surface area contributed by atoms with Gasteiger partial charge in [0.05, 0.1) is 0 Å². The Hall–Kier alpha value is -1.12. The van der Waals surface area contributed by atoms with Crippen LogP contribution in [0.2, 0.25) is 0 Å². The summed E-state index contributed by atoms with van der Waals surface area (Å²) in [5, 5.41) is 5.96. The SMILES string of the molecule is CCNC1c2ccccc2CCCC1CCc1cccs1. The molecule has 0 saturated heterocycles. The van der Waals surface area contributed by atoms with E-state index in [1.54, 1.807) is 11.1 Å². The van der Waals surface area contributed by atoms with Gasteiger partial charge in [-0.05, 0) is 67.1 Å². The van der Waals surface area contributed by atoms with Crippen LogP contribution in [-0.4, -0.2) is 6.54 Å². The number of rotatable bonds is 5. The summed E-state index contributed by atoms with van der Waals surface area (Å²) in [6.07, 6.45) is 6.44. The summed E-state index contributed by atoms with van der Waals surface area (Å²) in [7, 11) is 0. The summed E-state index contributed by atoms with van der Waals surface area (Å²) in [6.45, 7) is 3.28. The number of fused-ring (bicyclic) bond motifs is 1. The molecule has 2 atom stereocenters. The normalized spacial score (nSPS) is 21.8. The van der Waals surface area contributed by atoms with Crippen LogP contribution in [0.1, 0.15) is 48.2 Å². The topological polar surface area (TPSA) is 12.0 Å². The second-order valence-corrected chi connectivity index (χ2v) is 7.04. The minimum atomic E-state index is 0.536. The van der Waals surface area contributed by atoms with Crippen molar-refractivity contribution in [3.8, 4) is 0 Å². The molecule has 3 rings (SSSR count). The number of nitrogens with one attached hydrogen (secondary N) is 1. The lowest BCUT2D eigenvalue weighted by Gasteiger charge is -2.27. The molecule has 112 valence electrons. The third-order valence-electron chi connectivity index (χ3n) is 4.65. The van der Waals surface area contributed by atoms with Gasteiger partial charge in [0, 0.05) is 10.9 Å². The fourth-order valence-electron chi connectivity index (χ4n) is 3.63. The van der Waals surface area contributed by atoms with Gasteiger partial charge in [-0.2, -0.15) is 0 Å². The average molecular weight is 299 g/mol. The van der Waals surface area contributed by atoms with E-state index >= 15 is 0 Å². The fraction of sp³-hybridized carbons (Fsp3) is 0.474. The second-order valence-electron chi connectivity index (χ2n) is 6.00. The Balaban J connectivity index is 1.78. The smallest absolute Gasteiger partial charge is 0.0351 e. The third kappa shape index (κ3) is 3.56. The zero-order valence-corrected chi connectivity index (χ0v) is 13.7. The van der Waals surface area contributed by atoms with E-state index < -0.39 is 0 Å². The number of benzene rings is 1. The van der Waals surface area contributed by atoms with E-state index in [0.717, 1.165) is 12.5 Å². The minimum Gasteiger partial charge on any atom is -0.310 e. The highest BCUT2D eigenvalue weighted by Crippen LogP contribution is 2.36. The van der Waals surface area contributed by atoms with Crippen molar-refractivity contribution in [1.82, 2.24) is 5.32 Å². The molecular weight excluding hydrogens is 274 g/mol. The molecule has 1 aliphatic carbocycles. The van der Waals surface area contributed by atoms with E-state index in [2.05, 4.69) is 54.0 Å². The lowest BCUT2D eigenvalue weighted by Crippen LogP contribution is -2.28. The maximum absolute atomic E-state index is 3.76. The minimum absolute atomic E-state index is 0.536. The maximum Gasteiger partial charge on any atom is 0.0351 e. The summed E-state index contributed by atoms with van der Waals surface area (Å²) >= 11 is 1.90. The lowest BCUT2D eigenvalue weighted by molar-refractivity contribution is 0.329. The molecule has 2 aromatic rings. The molecule has 1 aromatic carbocycles. The predicted molar refractivity (Wildman–Crippen MR) is 91.9 cm³/mol. The van der Waals surface area contributed by atoms with Crippen LogP contribution in [0.5, 0.6) is 0 Å². The van der Waals surface area contributed by atoms with E-state index in [4.69, 9.17) is 0 Å². The average Bonchev–Trinajstić information content (AvgIpc) is 2.96. The highest BCUT2D eigenvalue weighted by Gasteiger charge is 2.26. The number of thiophene rings is 1. The van der Waals surface area contributed by atoms with Gasteiger partial charge >= 0.3 is 0 Å². The molecule has 2 unspecified atom stereocenters. The molecule has 0 radical (unpaired) electrons. The van der Waals surface area contributed by atoms with Gasteiger partial charge in [-0.3, -0.25) is 0 Å². The molecule has 1 aromatic heterocycles. The zero-order valence-electron chi connectivity index (χ0n) is 12.8. The van der Waals surface area contributed by atoms with Gasteiger partial charge in [-0.25, -0.2) is 0 Å². The Labute approximate surface area is 132 Å². The Morgan fingerprint density at radius 3 is 2.90 bits per heavy atom. The first-order valence-corrected chi connectivity index (χ1v) is 9.10. The van der Waals surface area contributed by atoms with Crippen molar-refractivity contribution < 1.29 is 0 Å². The van der Waals surface area contributed by atoms with Crippen LogP contribution in [0, 0.1) is 5.92 Å². The van der Waals surface area contributed by atoms with Gasteiger partial charge < -0.3 is 5.32 Å². The lowest BCUT2D eigenvalue weighted by atomic mass is 9.87. The van der Waals surface area contributed by atoms with E-state index in [0.29, 0.717) is 6.04 Å². The molecule has 0 aliphatic heterocycles. The van der Waals surface area contributed by atoms with Crippen molar-refractivity contribution in [1.29, 1.82) is 0 Å². The first-order valence-electron chi connectivity index (χ1n) is 8.22. The summed E-state index contributed by atoms with van der Waals surface area (Å²) in [4.78, 5) is 1.53. The molecule has 0 saturated carbocycles. The zero-order chi connectivity index (χ0) is 14.5. The van der Waals surface area contributed by atoms with Crippen molar-refractivity contribution >= 4 is 11.3 Å². The number of aryl methyl sites for hydroxylation is 2. The van der Waals surface area contributed by atoms with Crippen LogP contribution in [0.4, 0.5) is 0 Å². The summed E-state index contributed by atoms with van der Waals surface area (Å²) in [6, 6.07) is 14.0. The molecule has 0 amide bonds. The molecule has 21 heavy (non-hydrogen) atoms. The molecule has 0 spiro atoms. The van der Waals surface area contributed by atoms with E-state index in [9.17, 15) is 0 Å². The fourth-order valence-corrected chi connectivity index (χ4v) is 4.36. The van der Waals surface area contributed by atoms with Crippen LogP contribution >= 0.6 is 11.3 Å². The Bertz CT molecular complexity index is 546. The van der Waals surface area contributed by atoms with Gasteiger partial charge in [-0.1, -0.05) is 37.3 Å². The molecule has 2 heteroatoms. The third-order valence-corrected chi connectivity index (χ3v) is 5.58. The maximum atomic E-state index is 3.76. The molecule has 1 aliphatic rings. The van der Waals surface area contributed by atoms with Crippen molar-refractivity contribution in [3.63, 3.8) is 0 Å². The van der Waals surface area contributed by atoms with Crippen LogP contribution < -0.4 is 5.32 Å². The monoisotopic (exact) mass is 299 g/mol. The summed E-state index contributed by atoms with van der Waals surface area (Å²) < 4.78 is 0. The molecule has 1 N–H and O–H groups in total. The second kappa shape index (κ2) is 7.24. The van der Waals surface area contributed by atoms with Crippen LogP contribution in [0.3, 0.4) is 0 Å². The Kier molecular flexibility index (Phi) is 5.10. The van der Waals surface area contributed by atoms with Gasteiger partial charge in [-0.15, -0.1) is 11.3 Å². The molecule has 0 fully saturated rings. The Morgan fingerprint density at radius 1 is 1.19 bits per heavy atom. The van der Waals surface area contributed by atoms with Crippen LogP contribution in [-0.2, 0) is 12.8 Å². The highest BCUT2D eigenvalue weighted by atomic mass is 32.1. The Morgan fingerprint density at radius 2 is 2.10 bits per heavy atom. The summed E-state index contributed by atoms with van der Waals surface area (Å²) in [5.74, 6) is 0.760.